The summed E-state index contributed by atoms with van der Waals surface area (Å²) in [6, 6.07) is 8.02. The predicted molar refractivity (Wildman–Crippen MR) is 97.2 cm³/mol. The average molecular weight is 384 g/mol. The fourth-order valence-electron chi connectivity index (χ4n) is 3.15. The first-order chi connectivity index (χ1) is 13.3. The molecule has 142 valence electrons. The zero-order valence-electron chi connectivity index (χ0n) is 14.3. The van der Waals surface area contributed by atoms with Crippen molar-refractivity contribution in [2.45, 2.75) is 18.9 Å². The van der Waals surface area contributed by atoms with Crippen LogP contribution in [0.3, 0.4) is 0 Å². The van der Waals surface area contributed by atoms with Gasteiger partial charge in [0.2, 0.25) is 5.43 Å². The Morgan fingerprint density at radius 2 is 1.93 bits per heavy atom. The number of carbonyl (C=O) groups is 1. The summed E-state index contributed by atoms with van der Waals surface area (Å²) in [6.07, 6.45) is 1.39. The van der Waals surface area contributed by atoms with Gasteiger partial charge in [-0.3, -0.25) is 14.9 Å². The number of non-ortho nitro benzene ring substituents is 1. The van der Waals surface area contributed by atoms with Crippen molar-refractivity contribution in [3.8, 4) is 16.9 Å². The molecule has 0 unspecified atom stereocenters. The number of fused-ring (bicyclic) bond motifs is 1. The Labute approximate surface area is 156 Å². The second kappa shape index (κ2) is 6.45. The van der Waals surface area contributed by atoms with Crippen LogP contribution in [0.5, 0.6) is 5.75 Å². The van der Waals surface area contributed by atoms with Gasteiger partial charge in [0.1, 0.15) is 5.82 Å². The van der Waals surface area contributed by atoms with E-state index in [0.717, 1.165) is 18.9 Å². The minimum atomic E-state index is -1.62. The van der Waals surface area contributed by atoms with Crippen LogP contribution in [0, 0.1) is 15.9 Å². The normalized spacial score (nSPS) is 13.5. The molecule has 1 aliphatic carbocycles. The number of nitro groups is 1. The molecular formula is C19H13FN2O6. The first-order valence-corrected chi connectivity index (χ1v) is 8.39. The molecule has 0 radical (unpaired) electrons. The largest absolute Gasteiger partial charge is 0.511 e. The fraction of sp³-hybridized carbons (Fsp3) is 0.158. The highest BCUT2D eigenvalue weighted by molar-refractivity contribution is 5.86. The van der Waals surface area contributed by atoms with E-state index >= 15 is 0 Å². The van der Waals surface area contributed by atoms with Crippen molar-refractivity contribution in [3.63, 3.8) is 0 Å². The van der Waals surface area contributed by atoms with Crippen molar-refractivity contribution in [2.24, 2.45) is 0 Å². The Morgan fingerprint density at radius 3 is 2.50 bits per heavy atom. The molecule has 8 nitrogen and oxygen atoms in total. The predicted octanol–water partition coefficient (Wildman–Crippen LogP) is 4.11. The maximum atomic E-state index is 14.7. The molecule has 1 heterocycles. The third kappa shape index (κ3) is 3.07. The summed E-state index contributed by atoms with van der Waals surface area (Å²) in [5.41, 5.74) is 0.215. The zero-order valence-corrected chi connectivity index (χ0v) is 14.3. The molecule has 2 aromatic carbocycles. The zero-order chi connectivity index (χ0) is 20.0. The van der Waals surface area contributed by atoms with Gasteiger partial charge in [-0.2, -0.15) is 0 Å². The van der Waals surface area contributed by atoms with Crippen LogP contribution < -0.4 is 10.2 Å². The van der Waals surface area contributed by atoms with E-state index in [1.807, 2.05) is 0 Å². The second-order valence-corrected chi connectivity index (χ2v) is 6.48. The second-order valence-electron chi connectivity index (χ2n) is 6.48. The number of rotatable bonds is 4. The number of nitrogens with zero attached hydrogens (tertiary/aromatic N) is 2. The first kappa shape index (κ1) is 17.7. The third-order valence-corrected chi connectivity index (χ3v) is 4.61. The number of carboxylic acid groups (broad SMARTS) is 1. The van der Waals surface area contributed by atoms with Gasteiger partial charge in [-0.25, -0.2) is 9.18 Å². The highest BCUT2D eigenvalue weighted by Crippen LogP contribution is 2.39. The van der Waals surface area contributed by atoms with Gasteiger partial charge in [-0.1, -0.05) is 0 Å². The summed E-state index contributed by atoms with van der Waals surface area (Å²) in [5.74, 6) is -1.08. The molecule has 4 rings (SSSR count). The van der Waals surface area contributed by atoms with Gasteiger partial charge in [0.05, 0.1) is 22.0 Å². The first-order valence-electron chi connectivity index (χ1n) is 8.39. The summed E-state index contributed by atoms with van der Waals surface area (Å²) in [5, 5.41) is 19.6. The number of benzene rings is 2. The van der Waals surface area contributed by atoms with Crippen molar-refractivity contribution < 1.29 is 24.0 Å². The van der Waals surface area contributed by atoms with Gasteiger partial charge in [-0.05, 0) is 42.7 Å². The molecule has 1 N–H and O–H groups in total. The summed E-state index contributed by atoms with van der Waals surface area (Å²) >= 11 is 0. The molecule has 1 saturated carbocycles. The van der Waals surface area contributed by atoms with E-state index in [0.29, 0.717) is 11.1 Å². The molecule has 9 heteroatoms. The molecule has 0 bridgehead atoms. The van der Waals surface area contributed by atoms with Crippen molar-refractivity contribution in [1.29, 1.82) is 0 Å². The smallest absolute Gasteiger partial charge is 0.449 e. The van der Waals surface area contributed by atoms with Gasteiger partial charge < -0.3 is 14.4 Å². The lowest BCUT2D eigenvalue weighted by Gasteiger charge is -2.14. The number of hydrogen-bond acceptors (Lipinski definition) is 5. The molecule has 1 fully saturated rings. The van der Waals surface area contributed by atoms with Crippen LogP contribution in [0.25, 0.3) is 22.0 Å². The van der Waals surface area contributed by atoms with E-state index in [1.54, 1.807) is 4.57 Å². The molecule has 3 aromatic rings. The van der Waals surface area contributed by atoms with Crippen LogP contribution in [0.4, 0.5) is 14.9 Å². The quantitative estimate of drug-likeness (QED) is 0.412. The van der Waals surface area contributed by atoms with E-state index in [-0.39, 0.29) is 28.4 Å². The number of aromatic nitrogens is 1. The summed E-state index contributed by atoms with van der Waals surface area (Å²) < 4.78 is 21.0. The van der Waals surface area contributed by atoms with Crippen LogP contribution >= 0.6 is 0 Å². The minimum Gasteiger partial charge on any atom is -0.449 e. The van der Waals surface area contributed by atoms with Gasteiger partial charge in [0, 0.05) is 23.7 Å². The van der Waals surface area contributed by atoms with E-state index in [1.165, 1.54) is 36.5 Å². The SMILES string of the molecule is O=C(O)Oc1cn(C2CC2)c2cc(-c3ccc([N+](=O)[O-])cc3)c(F)cc2c1=O. The van der Waals surface area contributed by atoms with E-state index < -0.39 is 22.3 Å². The van der Waals surface area contributed by atoms with E-state index in [2.05, 4.69) is 4.74 Å². The van der Waals surface area contributed by atoms with Gasteiger partial charge in [-0.15, -0.1) is 0 Å². The molecule has 0 atom stereocenters. The van der Waals surface area contributed by atoms with Gasteiger partial charge in [0.25, 0.3) is 5.69 Å². The van der Waals surface area contributed by atoms with Crippen LogP contribution in [0.1, 0.15) is 18.9 Å². The van der Waals surface area contributed by atoms with Crippen LogP contribution in [0.15, 0.2) is 47.4 Å². The Kier molecular flexibility index (Phi) is 4.07. The lowest BCUT2D eigenvalue weighted by Crippen LogP contribution is -2.16. The molecule has 0 aliphatic heterocycles. The Bertz CT molecular complexity index is 1180. The highest BCUT2D eigenvalue weighted by Gasteiger charge is 2.27. The lowest BCUT2D eigenvalue weighted by molar-refractivity contribution is -0.384. The standard InChI is InChI=1S/C19H13FN2O6/c20-15-7-14-16(8-13(15)10-1-3-12(4-2-10)22(26)27)21(11-5-6-11)9-17(18(14)23)28-19(24)25/h1-4,7-9,11H,5-6H2,(H,24,25). The third-order valence-electron chi connectivity index (χ3n) is 4.61. The monoisotopic (exact) mass is 384 g/mol. The topological polar surface area (TPSA) is 112 Å². The summed E-state index contributed by atoms with van der Waals surface area (Å²) in [6.45, 7) is 0. The Balaban J connectivity index is 1.92. The van der Waals surface area contributed by atoms with Gasteiger partial charge in [0.15, 0.2) is 5.75 Å². The Morgan fingerprint density at radius 1 is 1.25 bits per heavy atom. The van der Waals surface area contributed by atoms with Crippen molar-refractivity contribution in [3.05, 3.63) is 68.7 Å². The number of pyridine rings is 1. The number of ether oxygens (including phenoxy) is 1. The Hall–Kier alpha value is -3.75. The van der Waals surface area contributed by atoms with Crippen LogP contribution in [-0.4, -0.2) is 20.8 Å². The molecule has 1 aliphatic rings. The van der Waals surface area contributed by atoms with E-state index in [4.69, 9.17) is 5.11 Å². The van der Waals surface area contributed by atoms with Gasteiger partial charge >= 0.3 is 6.16 Å². The van der Waals surface area contributed by atoms with E-state index in [9.17, 15) is 24.1 Å². The van der Waals surface area contributed by atoms with Crippen LogP contribution in [0.2, 0.25) is 0 Å². The molecule has 0 saturated heterocycles. The molecule has 0 spiro atoms. The van der Waals surface area contributed by atoms with Crippen molar-refractivity contribution >= 4 is 22.7 Å². The molecular weight excluding hydrogens is 371 g/mol. The minimum absolute atomic E-state index is 0.00816. The number of nitro benzene ring substituents is 1. The lowest BCUT2D eigenvalue weighted by atomic mass is 10.0. The van der Waals surface area contributed by atoms with Crippen LogP contribution in [-0.2, 0) is 0 Å². The average Bonchev–Trinajstić information content (AvgIpc) is 3.49. The maximum absolute atomic E-state index is 14.7. The highest BCUT2D eigenvalue weighted by atomic mass is 19.1. The molecule has 0 amide bonds. The molecule has 1 aromatic heterocycles. The fourth-order valence-corrected chi connectivity index (χ4v) is 3.15. The molecule has 28 heavy (non-hydrogen) atoms. The number of hydrogen-bond donors (Lipinski definition) is 1. The maximum Gasteiger partial charge on any atom is 0.511 e. The van der Waals surface area contributed by atoms with Crippen molar-refractivity contribution in [2.75, 3.05) is 0 Å². The summed E-state index contributed by atoms with van der Waals surface area (Å²) in [4.78, 5) is 33.6. The van der Waals surface area contributed by atoms with Crippen molar-refractivity contribution in [1.82, 2.24) is 4.57 Å². The number of halogens is 1. The summed E-state index contributed by atoms with van der Waals surface area (Å²) in [7, 11) is 0.